The van der Waals surface area contributed by atoms with Gasteiger partial charge in [-0.05, 0) is 24.3 Å². The maximum Gasteiger partial charge on any atom is 0.233 e. The number of morpholine rings is 1. The van der Waals surface area contributed by atoms with Crippen molar-refractivity contribution in [3.8, 4) is 0 Å². The standard InChI is InChI=1S/C13H15BrN2O3/c14-10-1-3-11(4-2-10)15-12(17)9-13(18)16-5-7-19-8-6-16/h1-4H,5-9H2,(H,15,17). The minimum Gasteiger partial charge on any atom is -0.378 e. The molecule has 1 aliphatic heterocycles. The largest absolute Gasteiger partial charge is 0.378 e. The number of nitrogens with one attached hydrogen (secondary N) is 1. The van der Waals surface area contributed by atoms with Gasteiger partial charge in [0.1, 0.15) is 6.42 Å². The van der Waals surface area contributed by atoms with Crippen LogP contribution in [0.4, 0.5) is 5.69 Å². The third-order valence-electron chi connectivity index (χ3n) is 2.80. The Morgan fingerprint density at radius 2 is 1.84 bits per heavy atom. The van der Waals surface area contributed by atoms with E-state index in [-0.39, 0.29) is 18.2 Å². The molecule has 6 heteroatoms. The molecule has 19 heavy (non-hydrogen) atoms. The van der Waals surface area contributed by atoms with Crippen molar-refractivity contribution in [1.82, 2.24) is 4.90 Å². The van der Waals surface area contributed by atoms with Gasteiger partial charge in [0.25, 0.3) is 0 Å². The number of carbonyl (C=O) groups excluding carboxylic acids is 2. The molecule has 0 saturated carbocycles. The molecule has 1 fully saturated rings. The van der Waals surface area contributed by atoms with Gasteiger partial charge in [0.15, 0.2) is 0 Å². The first-order chi connectivity index (χ1) is 9.15. The second-order valence-corrected chi connectivity index (χ2v) is 5.14. The first-order valence-corrected chi connectivity index (χ1v) is 6.85. The number of ether oxygens (including phenoxy) is 1. The summed E-state index contributed by atoms with van der Waals surface area (Å²) < 4.78 is 6.10. The van der Waals surface area contributed by atoms with E-state index in [4.69, 9.17) is 4.74 Å². The van der Waals surface area contributed by atoms with E-state index in [0.29, 0.717) is 32.0 Å². The van der Waals surface area contributed by atoms with Crippen LogP contribution in [0.1, 0.15) is 6.42 Å². The third kappa shape index (κ3) is 4.33. The lowest BCUT2D eigenvalue weighted by molar-refractivity contribution is -0.138. The zero-order valence-electron chi connectivity index (χ0n) is 10.4. The van der Waals surface area contributed by atoms with Crippen LogP contribution in [-0.2, 0) is 14.3 Å². The van der Waals surface area contributed by atoms with Gasteiger partial charge < -0.3 is 15.0 Å². The first kappa shape index (κ1) is 14.0. The van der Waals surface area contributed by atoms with Crippen LogP contribution in [-0.4, -0.2) is 43.0 Å². The summed E-state index contributed by atoms with van der Waals surface area (Å²) in [5.74, 6) is -0.447. The minimum atomic E-state index is -0.293. The fourth-order valence-corrected chi connectivity index (χ4v) is 2.06. The van der Waals surface area contributed by atoms with Gasteiger partial charge in [-0.2, -0.15) is 0 Å². The Morgan fingerprint density at radius 3 is 2.47 bits per heavy atom. The minimum absolute atomic E-state index is 0.129. The van der Waals surface area contributed by atoms with E-state index in [1.54, 1.807) is 17.0 Å². The first-order valence-electron chi connectivity index (χ1n) is 6.06. The lowest BCUT2D eigenvalue weighted by atomic mass is 10.3. The SMILES string of the molecule is O=C(CC(=O)N1CCOCC1)Nc1ccc(Br)cc1. The number of hydrogen-bond acceptors (Lipinski definition) is 3. The van der Waals surface area contributed by atoms with Crippen LogP contribution in [0.25, 0.3) is 0 Å². The third-order valence-corrected chi connectivity index (χ3v) is 3.33. The summed E-state index contributed by atoms with van der Waals surface area (Å²) in [6.45, 7) is 2.20. The average Bonchev–Trinajstić information content (AvgIpc) is 2.42. The highest BCUT2D eigenvalue weighted by molar-refractivity contribution is 9.10. The van der Waals surface area contributed by atoms with Crippen LogP contribution in [0.5, 0.6) is 0 Å². The summed E-state index contributed by atoms with van der Waals surface area (Å²) in [7, 11) is 0. The Balaban J connectivity index is 1.83. The van der Waals surface area contributed by atoms with Crippen LogP contribution in [0.2, 0.25) is 0 Å². The van der Waals surface area contributed by atoms with Crippen molar-refractivity contribution in [3.05, 3.63) is 28.7 Å². The van der Waals surface area contributed by atoms with Crippen molar-refractivity contribution in [2.75, 3.05) is 31.6 Å². The Labute approximate surface area is 120 Å². The van der Waals surface area contributed by atoms with Gasteiger partial charge >= 0.3 is 0 Å². The number of rotatable bonds is 3. The summed E-state index contributed by atoms with van der Waals surface area (Å²) in [5, 5.41) is 2.70. The van der Waals surface area contributed by atoms with Crippen molar-refractivity contribution < 1.29 is 14.3 Å². The van der Waals surface area contributed by atoms with E-state index in [1.807, 2.05) is 12.1 Å². The molecule has 0 spiro atoms. The summed E-state index contributed by atoms with van der Waals surface area (Å²) >= 11 is 3.32. The molecule has 5 nitrogen and oxygen atoms in total. The molecule has 1 saturated heterocycles. The molecule has 0 atom stereocenters. The highest BCUT2D eigenvalue weighted by Crippen LogP contribution is 2.14. The average molecular weight is 327 g/mol. The molecule has 1 aromatic rings. The number of carbonyl (C=O) groups is 2. The number of amides is 2. The molecular formula is C13H15BrN2O3. The second kappa shape index (κ2) is 6.68. The molecule has 1 aromatic carbocycles. The van der Waals surface area contributed by atoms with Crippen LogP contribution >= 0.6 is 15.9 Å². The zero-order chi connectivity index (χ0) is 13.7. The lowest BCUT2D eigenvalue weighted by Crippen LogP contribution is -2.41. The van der Waals surface area contributed by atoms with Crippen molar-refractivity contribution in [2.24, 2.45) is 0 Å². The fourth-order valence-electron chi connectivity index (χ4n) is 1.80. The molecule has 1 aliphatic rings. The van der Waals surface area contributed by atoms with E-state index in [2.05, 4.69) is 21.2 Å². The van der Waals surface area contributed by atoms with E-state index in [9.17, 15) is 9.59 Å². The summed E-state index contributed by atoms with van der Waals surface area (Å²) in [4.78, 5) is 25.3. The van der Waals surface area contributed by atoms with Crippen LogP contribution < -0.4 is 5.32 Å². The van der Waals surface area contributed by atoms with E-state index >= 15 is 0 Å². The van der Waals surface area contributed by atoms with E-state index in [1.165, 1.54) is 0 Å². The highest BCUT2D eigenvalue weighted by Gasteiger charge is 2.19. The summed E-state index contributed by atoms with van der Waals surface area (Å²) in [6, 6.07) is 7.22. The molecular weight excluding hydrogens is 312 g/mol. The molecule has 1 heterocycles. The Bertz CT molecular complexity index is 455. The number of anilines is 1. The van der Waals surface area contributed by atoms with Crippen molar-refractivity contribution in [1.29, 1.82) is 0 Å². The molecule has 1 N–H and O–H groups in total. The summed E-state index contributed by atoms with van der Waals surface area (Å²) in [6.07, 6.45) is -0.129. The van der Waals surface area contributed by atoms with Gasteiger partial charge in [0.05, 0.1) is 13.2 Å². The van der Waals surface area contributed by atoms with Crippen LogP contribution in [0, 0.1) is 0 Å². The van der Waals surface area contributed by atoms with Crippen molar-refractivity contribution in [3.63, 3.8) is 0 Å². The lowest BCUT2D eigenvalue weighted by Gasteiger charge is -2.26. The normalized spacial score (nSPS) is 15.1. The van der Waals surface area contributed by atoms with Crippen LogP contribution in [0.3, 0.4) is 0 Å². The van der Waals surface area contributed by atoms with E-state index < -0.39 is 0 Å². The molecule has 2 amide bonds. The number of hydrogen-bond donors (Lipinski definition) is 1. The van der Waals surface area contributed by atoms with Gasteiger partial charge in [0.2, 0.25) is 11.8 Å². The fraction of sp³-hybridized carbons (Fsp3) is 0.385. The predicted octanol–water partition coefficient (Wildman–Crippen LogP) is 1.64. The Hall–Kier alpha value is -1.40. The molecule has 0 radical (unpaired) electrons. The quantitative estimate of drug-likeness (QED) is 0.859. The van der Waals surface area contributed by atoms with Crippen molar-refractivity contribution in [2.45, 2.75) is 6.42 Å². The van der Waals surface area contributed by atoms with Gasteiger partial charge in [-0.1, -0.05) is 15.9 Å². The monoisotopic (exact) mass is 326 g/mol. The van der Waals surface area contributed by atoms with E-state index in [0.717, 1.165) is 4.47 Å². The molecule has 0 aliphatic carbocycles. The molecule has 2 rings (SSSR count). The topological polar surface area (TPSA) is 58.6 Å². The molecule has 0 aromatic heterocycles. The van der Waals surface area contributed by atoms with Crippen molar-refractivity contribution >= 4 is 33.4 Å². The van der Waals surface area contributed by atoms with Gasteiger partial charge in [0, 0.05) is 23.2 Å². The highest BCUT2D eigenvalue weighted by atomic mass is 79.9. The summed E-state index contributed by atoms with van der Waals surface area (Å²) in [5.41, 5.74) is 0.683. The van der Waals surface area contributed by atoms with Gasteiger partial charge in [-0.25, -0.2) is 0 Å². The Morgan fingerprint density at radius 1 is 1.21 bits per heavy atom. The maximum atomic E-state index is 11.9. The predicted molar refractivity (Wildman–Crippen MR) is 74.8 cm³/mol. The second-order valence-electron chi connectivity index (χ2n) is 4.23. The van der Waals surface area contributed by atoms with Crippen LogP contribution in [0.15, 0.2) is 28.7 Å². The number of nitrogens with zero attached hydrogens (tertiary/aromatic N) is 1. The zero-order valence-corrected chi connectivity index (χ0v) is 12.0. The molecule has 102 valence electrons. The maximum absolute atomic E-state index is 11.9. The number of benzene rings is 1. The van der Waals surface area contributed by atoms with Gasteiger partial charge in [-0.3, -0.25) is 9.59 Å². The Kier molecular flexibility index (Phi) is 4.93. The number of halogens is 1. The molecule has 0 unspecified atom stereocenters. The van der Waals surface area contributed by atoms with Gasteiger partial charge in [-0.15, -0.1) is 0 Å². The smallest absolute Gasteiger partial charge is 0.233 e. The molecule has 0 bridgehead atoms.